The average molecular weight is 528 g/mol. The van der Waals surface area contributed by atoms with E-state index in [-0.39, 0.29) is 24.3 Å². The molecule has 4 amide bonds. The zero-order chi connectivity index (χ0) is 27.4. The highest BCUT2D eigenvalue weighted by Gasteiger charge is 2.30. The second kappa shape index (κ2) is 14.5. The van der Waals surface area contributed by atoms with Crippen molar-refractivity contribution in [1.82, 2.24) is 16.0 Å². The molecule has 0 aromatic heterocycles. The van der Waals surface area contributed by atoms with E-state index in [2.05, 4.69) is 28.6 Å². The number of hydrogen-bond acceptors (Lipinski definition) is 9. The summed E-state index contributed by atoms with van der Waals surface area (Å²) >= 11 is 4.00. The number of carbonyl (C=O) groups excluding carboxylic acids is 4. The van der Waals surface area contributed by atoms with E-state index in [0.717, 1.165) is 0 Å². The van der Waals surface area contributed by atoms with E-state index in [1.807, 2.05) is 0 Å². The summed E-state index contributed by atoms with van der Waals surface area (Å²) in [6, 6.07) is 0.210. The second-order valence-corrected chi connectivity index (χ2v) is 8.15. The summed E-state index contributed by atoms with van der Waals surface area (Å²) in [6.07, 6.45) is -1.48. The third-order valence-corrected chi connectivity index (χ3v) is 5.21. The largest absolute Gasteiger partial charge is 0.508 e. The predicted octanol–water partition coefficient (Wildman–Crippen LogP) is -2.53. The van der Waals surface area contributed by atoms with E-state index in [1.165, 1.54) is 24.3 Å². The van der Waals surface area contributed by atoms with Crippen LogP contribution in [-0.2, 0) is 35.2 Å². The number of carbonyl (C=O) groups is 6. The summed E-state index contributed by atoms with van der Waals surface area (Å²) in [7, 11) is 0. The summed E-state index contributed by atoms with van der Waals surface area (Å²) in [5.74, 6) is -6.49. The molecule has 0 heterocycles. The Labute approximate surface area is 211 Å². The molecule has 4 unspecified atom stereocenters. The first kappa shape index (κ1) is 30.2. The van der Waals surface area contributed by atoms with Crippen molar-refractivity contribution >= 4 is 48.2 Å². The van der Waals surface area contributed by atoms with Crippen molar-refractivity contribution < 1.29 is 44.1 Å². The zero-order valence-corrected chi connectivity index (χ0v) is 19.9. The van der Waals surface area contributed by atoms with Gasteiger partial charge in [0.05, 0.1) is 12.5 Å². The fraction of sp³-hybridized carbons (Fsp3) is 0.429. The van der Waals surface area contributed by atoms with Gasteiger partial charge in [0.25, 0.3) is 0 Å². The van der Waals surface area contributed by atoms with Crippen LogP contribution >= 0.6 is 12.6 Å². The number of amides is 4. The van der Waals surface area contributed by atoms with Crippen LogP contribution in [0, 0.1) is 0 Å². The molecule has 0 saturated heterocycles. The van der Waals surface area contributed by atoms with Gasteiger partial charge in [0.15, 0.2) is 0 Å². The quantitative estimate of drug-likeness (QED) is 0.108. The van der Waals surface area contributed by atoms with Gasteiger partial charge in [-0.25, -0.2) is 4.79 Å². The Morgan fingerprint density at radius 2 is 1.39 bits per heavy atom. The van der Waals surface area contributed by atoms with E-state index >= 15 is 0 Å². The molecule has 0 fully saturated rings. The molecule has 36 heavy (non-hydrogen) atoms. The van der Waals surface area contributed by atoms with Crippen molar-refractivity contribution in [2.75, 3.05) is 5.75 Å². The topological polar surface area (TPSA) is 251 Å². The van der Waals surface area contributed by atoms with Crippen molar-refractivity contribution in [3.05, 3.63) is 29.8 Å². The van der Waals surface area contributed by atoms with Crippen LogP contribution in [0.2, 0.25) is 0 Å². The van der Waals surface area contributed by atoms with Gasteiger partial charge in [0.1, 0.15) is 23.9 Å². The number of rotatable bonds is 15. The molecule has 0 aliphatic carbocycles. The molecule has 0 spiro atoms. The van der Waals surface area contributed by atoms with Gasteiger partial charge in [-0.15, -0.1) is 0 Å². The minimum atomic E-state index is -1.52. The third kappa shape index (κ3) is 10.6. The average Bonchev–Trinajstić information content (AvgIpc) is 2.79. The number of nitrogens with two attached hydrogens (primary N) is 2. The van der Waals surface area contributed by atoms with Crippen molar-refractivity contribution in [1.29, 1.82) is 0 Å². The minimum Gasteiger partial charge on any atom is -0.508 e. The first-order valence-corrected chi connectivity index (χ1v) is 11.3. The lowest BCUT2D eigenvalue weighted by Gasteiger charge is -2.24. The molecular weight excluding hydrogens is 498 g/mol. The van der Waals surface area contributed by atoms with Gasteiger partial charge in [0.2, 0.25) is 23.6 Å². The highest BCUT2D eigenvalue weighted by Crippen LogP contribution is 2.12. The number of aliphatic carboxylic acids is 2. The molecule has 0 aliphatic heterocycles. The molecule has 1 aromatic rings. The summed E-state index contributed by atoms with van der Waals surface area (Å²) in [6.45, 7) is 0. The maximum atomic E-state index is 13.0. The first-order valence-electron chi connectivity index (χ1n) is 10.6. The van der Waals surface area contributed by atoms with Crippen LogP contribution < -0.4 is 27.4 Å². The normalized spacial score (nSPS) is 13.9. The fourth-order valence-corrected chi connectivity index (χ4v) is 3.19. The molecule has 1 aromatic carbocycles. The summed E-state index contributed by atoms with van der Waals surface area (Å²) in [5.41, 5.74) is 11.2. The monoisotopic (exact) mass is 527 g/mol. The lowest BCUT2D eigenvalue weighted by atomic mass is 10.0. The number of hydrogen-bond donors (Lipinski definition) is 9. The molecular formula is C21H29N5O9S. The number of carboxylic acid groups (broad SMARTS) is 2. The number of aromatic hydroxyl groups is 1. The smallest absolute Gasteiger partial charge is 0.326 e. The van der Waals surface area contributed by atoms with Crippen LogP contribution in [0.4, 0.5) is 0 Å². The molecule has 14 nitrogen and oxygen atoms in total. The fourth-order valence-electron chi connectivity index (χ4n) is 2.93. The third-order valence-electron chi connectivity index (χ3n) is 4.84. The van der Waals surface area contributed by atoms with Gasteiger partial charge >= 0.3 is 11.9 Å². The standard InChI is InChI=1S/C21H29N5O9S/c22-12(8-16(23)28)18(31)25-14(7-10-1-3-11(27)4-2-10)19(32)26-15(9-36)20(33)24-13(21(34)35)5-6-17(29)30/h1-4,12-15,27,36H,5-9,22H2,(H2,23,28)(H,24,33)(H,25,31)(H,26,32)(H,29,30)(H,34,35). The van der Waals surface area contributed by atoms with E-state index < -0.39 is 72.6 Å². The van der Waals surface area contributed by atoms with Crippen LogP contribution in [0.5, 0.6) is 5.75 Å². The predicted molar refractivity (Wildman–Crippen MR) is 128 cm³/mol. The molecule has 0 bridgehead atoms. The van der Waals surface area contributed by atoms with Gasteiger partial charge in [-0.05, 0) is 24.1 Å². The molecule has 198 valence electrons. The van der Waals surface area contributed by atoms with Crippen LogP contribution in [0.3, 0.4) is 0 Å². The molecule has 10 N–H and O–H groups in total. The Hall–Kier alpha value is -3.85. The van der Waals surface area contributed by atoms with Crippen molar-refractivity contribution in [2.45, 2.75) is 49.9 Å². The Kier molecular flexibility index (Phi) is 12.2. The number of thiol groups is 1. The number of primary amides is 1. The van der Waals surface area contributed by atoms with Crippen molar-refractivity contribution in [2.24, 2.45) is 11.5 Å². The van der Waals surface area contributed by atoms with E-state index in [4.69, 9.17) is 16.6 Å². The Balaban J connectivity index is 3.01. The zero-order valence-electron chi connectivity index (χ0n) is 19.0. The number of benzene rings is 1. The number of phenols is 1. The van der Waals surface area contributed by atoms with Crippen LogP contribution in [-0.4, -0.2) is 80.8 Å². The second-order valence-electron chi connectivity index (χ2n) is 7.78. The minimum absolute atomic E-state index is 0.0324. The van der Waals surface area contributed by atoms with Crippen LogP contribution in [0.25, 0.3) is 0 Å². The lowest BCUT2D eigenvalue weighted by Crippen LogP contribution is -2.58. The van der Waals surface area contributed by atoms with Gasteiger partial charge in [-0.2, -0.15) is 12.6 Å². The first-order chi connectivity index (χ1) is 16.8. The Morgan fingerprint density at radius 3 is 1.89 bits per heavy atom. The van der Waals surface area contributed by atoms with Gasteiger partial charge < -0.3 is 42.7 Å². The SMILES string of the molecule is NC(=O)CC(N)C(=O)NC(Cc1ccc(O)cc1)C(=O)NC(CS)C(=O)NC(CCC(=O)O)C(=O)O. The molecule has 0 saturated carbocycles. The maximum Gasteiger partial charge on any atom is 0.326 e. The summed E-state index contributed by atoms with van der Waals surface area (Å²) in [5, 5.41) is 34.3. The van der Waals surface area contributed by atoms with Gasteiger partial charge in [-0.1, -0.05) is 12.1 Å². The summed E-state index contributed by atoms with van der Waals surface area (Å²) < 4.78 is 0. The van der Waals surface area contributed by atoms with Crippen LogP contribution in [0.1, 0.15) is 24.8 Å². The van der Waals surface area contributed by atoms with E-state index in [9.17, 15) is 39.0 Å². The lowest BCUT2D eigenvalue weighted by molar-refractivity contribution is -0.143. The number of phenolic OH excluding ortho intramolecular Hbond substituents is 1. The maximum absolute atomic E-state index is 13.0. The van der Waals surface area contributed by atoms with Gasteiger partial charge in [0, 0.05) is 18.6 Å². The summed E-state index contributed by atoms with van der Waals surface area (Å²) in [4.78, 5) is 71.1. The molecule has 1 rings (SSSR count). The van der Waals surface area contributed by atoms with Crippen LogP contribution in [0.15, 0.2) is 24.3 Å². The Bertz CT molecular complexity index is 973. The highest BCUT2D eigenvalue weighted by atomic mass is 32.1. The molecule has 0 radical (unpaired) electrons. The number of carboxylic acids is 2. The van der Waals surface area contributed by atoms with Gasteiger partial charge in [-0.3, -0.25) is 24.0 Å². The molecule has 4 atom stereocenters. The number of nitrogens with one attached hydrogen (secondary N) is 3. The van der Waals surface area contributed by atoms with E-state index in [1.54, 1.807) is 0 Å². The Morgan fingerprint density at radius 1 is 0.861 bits per heavy atom. The molecule has 0 aliphatic rings. The molecule has 15 heteroatoms. The highest BCUT2D eigenvalue weighted by molar-refractivity contribution is 7.80. The van der Waals surface area contributed by atoms with E-state index in [0.29, 0.717) is 5.56 Å². The van der Waals surface area contributed by atoms with Crippen molar-refractivity contribution in [3.63, 3.8) is 0 Å². The van der Waals surface area contributed by atoms with Crippen molar-refractivity contribution in [3.8, 4) is 5.75 Å².